The zero-order valence-electron chi connectivity index (χ0n) is 16.2. The molecule has 0 aromatic heterocycles. The largest absolute Gasteiger partial charge is 0.493 e. The van der Waals surface area contributed by atoms with E-state index < -0.39 is 5.91 Å². The van der Waals surface area contributed by atoms with Crippen molar-refractivity contribution >= 4 is 40.7 Å². The fraction of sp³-hybridized carbons (Fsp3) is 0.286. The number of hydrogen-bond acceptors (Lipinski definition) is 4. The Labute approximate surface area is 180 Å². The lowest BCUT2D eigenvalue weighted by Crippen LogP contribution is -2.48. The molecular formula is C21H24ClN3O3S. The minimum Gasteiger partial charge on any atom is -0.493 e. The number of halogens is 1. The maximum Gasteiger partial charge on any atom is 0.261 e. The van der Waals surface area contributed by atoms with Gasteiger partial charge < -0.3 is 4.74 Å². The van der Waals surface area contributed by atoms with Gasteiger partial charge in [-0.15, -0.1) is 0 Å². The Morgan fingerprint density at radius 3 is 2.48 bits per heavy atom. The summed E-state index contributed by atoms with van der Waals surface area (Å²) in [6.07, 6.45) is 3.23. The van der Waals surface area contributed by atoms with Crippen LogP contribution in [0, 0.1) is 0 Å². The van der Waals surface area contributed by atoms with E-state index in [0.717, 1.165) is 24.8 Å². The Balaban J connectivity index is 1.82. The highest BCUT2D eigenvalue weighted by molar-refractivity contribution is 7.80. The number of rotatable bonds is 8. The smallest absolute Gasteiger partial charge is 0.261 e. The van der Waals surface area contributed by atoms with Gasteiger partial charge in [-0.3, -0.25) is 25.8 Å². The van der Waals surface area contributed by atoms with E-state index in [9.17, 15) is 9.59 Å². The number of nitrogens with one attached hydrogen (secondary N) is 3. The van der Waals surface area contributed by atoms with E-state index in [-0.39, 0.29) is 17.4 Å². The highest BCUT2D eigenvalue weighted by Gasteiger charge is 2.14. The van der Waals surface area contributed by atoms with Gasteiger partial charge >= 0.3 is 0 Å². The third-order valence-corrected chi connectivity index (χ3v) is 4.41. The Kier molecular flexibility index (Phi) is 9.40. The fourth-order valence-corrected chi connectivity index (χ4v) is 2.74. The van der Waals surface area contributed by atoms with Gasteiger partial charge in [-0.1, -0.05) is 55.6 Å². The minimum atomic E-state index is -0.416. The van der Waals surface area contributed by atoms with Gasteiger partial charge in [-0.25, -0.2) is 0 Å². The van der Waals surface area contributed by atoms with Crippen molar-refractivity contribution in [3.8, 4) is 5.75 Å². The second-order valence-corrected chi connectivity index (χ2v) is 7.16. The lowest BCUT2D eigenvalue weighted by molar-refractivity contribution is -0.121. The maximum absolute atomic E-state index is 12.5. The van der Waals surface area contributed by atoms with Crippen molar-refractivity contribution < 1.29 is 14.3 Å². The van der Waals surface area contributed by atoms with Gasteiger partial charge in [0.1, 0.15) is 5.75 Å². The lowest BCUT2D eigenvalue weighted by atomic mass is 10.1. The van der Waals surface area contributed by atoms with E-state index in [0.29, 0.717) is 22.9 Å². The molecular weight excluding hydrogens is 410 g/mol. The van der Waals surface area contributed by atoms with Crippen molar-refractivity contribution in [1.82, 2.24) is 16.2 Å². The van der Waals surface area contributed by atoms with Crippen molar-refractivity contribution in [3.63, 3.8) is 0 Å². The summed E-state index contributed by atoms with van der Waals surface area (Å²) in [6, 6.07) is 13.9. The summed E-state index contributed by atoms with van der Waals surface area (Å²) >= 11 is 10.9. The predicted molar refractivity (Wildman–Crippen MR) is 118 cm³/mol. The van der Waals surface area contributed by atoms with Crippen molar-refractivity contribution in [3.05, 3.63) is 64.7 Å². The Morgan fingerprint density at radius 1 is 1.03 bits per heavy atom. The van der Waals surface area contributed by atoms with E-state index >= 15 is 0 Å². The average molecular weight is 434 g/mol. The molecule has 0 spiro atoms. The van der Waals surface area contributed by atoms with Crippen molar-refractivity contribution in [2.45, 2.75) is 32.6 Å². The monoisotopic (exact) mass is 433 g/mol. The summed E-state index contributed by atoms with van der Waals surface area (Å²) in [5.41, 5.74) is 6.16. The molecule has 0 fully saturated rings. The number of hydrogen-bond donors (Lipinski definition) is 3. The molecule has 0 saturated carbocycles. The van der Waals surface area contributed by atoms with Crippen LogP contribution < -0.4 is 20.9 Å². The zero-order chi connectivity index (χ0) is 21.1. The Bertz CT molecular complexity index is 843. The van der Waals surface area contributed by atoms with Crippen molar-refractivity contribution in [2.75, 3.05) is 6.61 Å². The molecule has 0 atom stereocenters. The van der Waals surface area contributed by atoms with Crippen LogP contribution in [0.5, 0.6) is 5.75 Å². The topological polar surface area (TPSA) is 79.5 Å². The van der Waals surface area contributed by atoms with E-state index in [1.165, 1.54) is 0 Å². The first-order chi connectivity index (χ1) is 14.0. The van der Waals surface area contributed by atoms with Gasteiger partial charge in [-0.05, 0) is 48.5 Å². The van der Waals surface area contributed by atoms with E-state index in [2.05, 4.69) is 23.1 Å². The van der Waals surface area contributed by atoms with Crippen molar-refractivity contribution in [2.24, 2.45) is 0 Å². The molecule has 0 heterocycles. The number of hydrazine groups is 1. The van der Waals surface area contributed by atoms with Gasteiger partial charge in [-0.2, -0.15) is 0 Å². The molecule has 0 aliphatic carbocycles. The molecule has 3 N–H and O–H groups in total. The summed E-state index contributed by atoms with van der Waals surface area (Å²) in [6.45, 7) is 2.66. The van der Waals surface area contributed by atoms with Crippen LogP contribution in [-0.4, -0.2) is 23.5 Å². The summed E-state index contributed by atoms with van der Waals surface area (Å²) in [7, 11) is 0. The summed E-state index contributed by atoms with van der Waals surface area (Å²) in [5.74, 6) is -0.222. The van der Waals surface area contributed by atoms with Gasteiger partial charge in [0.2, 0.25) is 5.91 Å². The third kappa shape index (κ3) is 8.09. The molecule has 0 saturated heterocycles. The first-order valence-electron chi connectivity index (χ1n) is 9.36. The second kappa shape index (κ2) is 12.0. The molecule has 2 amide bonds. The van der Waals surface area contributed by atoms with Crippen LogP contribution in [0.3, 0.4) is 0 Å². The molecule has 8 heteroatoms. The van der Waals surface area contributed by atoms with Crippen LogP contribution in [0.1, 0.15) is 42.1 Å². The van der Waals surface area contributed by atoms with Gasteiger partial charge in [0, 0.05) is 5.02 Å². The molecule has 0 aliphatic heterocycles. The molecule has 2 aromatic carbocycles. The summed E-state index contributed by atoms with van der Waals surface area (Å²) in [4.78, 5) is 24.5. The van der Waals surface area contributed by atoms with E-state index in [4.69, 9.17) is 28.6 Å². The fourth-order valence-electron chi connectivity index (χ4n) is 2.47. The van der Waals surface area contributed by atoms with Crippen LogP contribution in [0.4, 0.5) is 0 Å². The molecule has 154 valence electrons. The normalized spacial score (nSPS) is 10.1. The Hall–Kier alpha value is -2.64. The minimum absolute atomic E-state index is 0.0137. The van der Waals surface area contributed by atoms with Crippen LogP contribution >= 0.6 is 23.8 Å². The number of benzene rings is 2. The first-order valence-corrected chi connectivity index (χ1v) is 10.1. The lowest BCUT2D eigenvalue weighted by Gasteiger charge is -2.13. The number of para-hydroxylation sites is 1. The van der Waals surface area contributed by atoms with Gasteiger partial charge in [0.15, 0.2) is 5.11 Å². The number of ether oxygens (including phenoxy) is 1. The zero-order valence-corrected chi connectivity index (χ0v) is 17.7. The van der Waals surface area contributed by atoms with Crippen molar-refractivity contribution in [1.29, 1.82) is 0 Å². The number of carbonyl (C=O) groups excluding carboxylic acids is 2. The predicted octanol–water partition coefficient (Wildman–Crippen LogP) is 3.79. The number of amides is 2. The SMILES string of the molecule is CCCCCOc1ccccc1C(=O)NC(=S)NNC(=O)Cc1ccc(Cl)cc1. The van der Waals surface area contributed by atoms with Gasteiger partial charge in [0.25, 0.3) is 5.91 Å². The average Bonchev–Trinajstić information content (AvgIpc) is 2.71. The molecule has 6 nitrogen and oxygen atoms in total. The summed E-state index contributed by atoms with van der Waals surface area (Å²) < 4.78 is 5.71. The standard InChI is InChI=1S/C21H24ClN3O3S/c1-2-3-6-13-28-18-8-5-4-7-17(18)20(27)23-21(29)25-24-19(26)14-15-9-11-16(22)12-10-15/h4-5,7-12H,2-3,6,13-14H2,1H3,(H,24,26)(H2,23,25,27,29). The molecule has 0 bridgehead atoms. The molecule has 2 rings (SSSR count). The van der Waals surface area contributed by atoms with Crippen LogP contribution in [0.25, 0.3) is 0 Å². The van der Waals surface area contributed by atoms with Gasteiger partial charge in [0.05, 0.1) is 18.6 Å². The highest BCUT2D eigenvalue weighted by atomic mass is 35.5. The third-order valence-electron chi connectivity index (χ3n) is 3.96. The molecule has 29 heavy (non-hydrogen) atoms. The number of carbonyl (C=O) groups is 2. The maximum atomic E-state index is 12.5. The second-order valence-electron chi connectivity index (χ2n) is 6.31. The van der Waals surface area contributed by atoms with E-state index in [1.54, 1.807) is 48.5 Å². The number of unbranched alkanes of at least 4 members (excludes halogenated alkanes) is 2. The van der Waals surface area contributed by atoms with Crippen LogP contribution in [-0.2, 0) is 11.2 Å². The highest BCUT2D eigenvalue weighted by Crippen LogP contribution is 2.18. The first kappa shape index (κ1) is 22.6. The van der Waals surface area contributed by atoms with E-state index in [1.807, 2.05) is 0 Å². The quantitative estimate of drug-likeness (QED) is 0.335. The molecule has 2 aromatic rings. The summed E-state index contributed by atoms with van der Waals surface area (Å²) in [5, 5.41) is 3.12. The molecule has 0 unspecified atom stereocenters. The molecule has 0 radical (unpaired) electrons. The van der Waals surface area contributed by atoms with Crippen LogP contribution in [0.2, 0.25) is 5.02 Å². The number of thiocarbonyl (C=S) groups is 1. The molecule has 0 aliphatic rings. The van der Waals surface area contributed by atoms with Crippen LogP contribution in [0.15, 0.2) is 48.5 Å². The Morgan fingerprint density at radius 2 is 1.76 bits per heavy atom.